The van der Waals surface area contributed by atoms with Crippen LogP contribution in [-0.4, -0.2) is 16.6 Å². The van der Waals surface area contributed by atoms with E-state index in [9.17, 15) is 0 Å². The van der Waals surface area contributed by atoms with Gasteiger partial charge >= 0.3 is 0 Å². The molecular formula is C16H21N3O. The van der Waals surface area contributed by atoms with Gasteiger partial charge in [0.1, 0.15) is 11.6 Å². The smallest absolute Gasteiger partial charge is 0.161 e. The van der Waals surface area contributed by atoms with Crippen molar-refractivity contribution in [3.63, 3.8) is 0 Å². The molecule has 0 saturated heterocycles. The van der Waals surface area contributed by atoms with E-state index in [2.05, 4.69) is 23.8 Å². The van der Waals surface area contributed by atoms with Crippen LogP contribution in [0.5, 0.6) is 5.75 Å². The van der Waals surface area contributed by atoms with Crippen molar-refractivity contribution in [1.82, 2.24) is 9.97 Å². The van der Waals surface area contributed by atoms with Crippen molar-refractivity contribution >= 4 is 5.82 Å². The largest absolute Gasteiger partial charge is 0.494 e. The van der Waals surface area contributed by atoms with Crippen LogP contribution >= 0.6 is 0 Å². The van der Waals surface area contributed by atoms with Crippen molar-refractivity contribution in [2.45, 2.75) is 33.1 Å². The van der Waals surface area contributed by atoms with Gasteiger partial charge in [0.2, 0.25) is 0 Å². The highest BCUT2D eigenvalue weighted by molar-refractivity contribution is 5.59. The van der Waals surface area contributed by atoms with Gasteiger partial charge in [0.15, 0.2) is 5.82 Å². The molecule has 1 aromatic heterocycles. The Kier molecular flexibility index (Phi) is 4.93. The number of aryl methyl sites for hydroxylation is 1. The minimum absolute atomic E-state index is 0.512. The molecule has 0 unspecified atom stereocenters. The predicted molar refractivity (Wildman–Crippen MR) is 81.7 cm³/mol. The van der Waals surface area contributed by atoms with Crippen molar-refractivity contribution in [2.75, 3.05) is 12.3 Å². The molecule has 0 aliphatic heterocycles. The van der Waals surface area contributed by atoms with E-state index in [0.717, 1.165) is 36.3 Å². The van der Waals surface area contributed by atoms with E-state index in [4.69, 9.17) is 10.5 Å². The maximum Gasteiger partial charge on any atom is 0.161 e. The van der Waals surface area contributed by atoms with Crippen LogP contribution in [0.3, 0.4) is 0 Å². The zero-order valence-electron chi connectivity index (χ0n) is 12.1. The number of nitrogens with two attached hydrogens (primary N) is 1. The number of hydrogen-bond donors (Lipinski definition) is 1. The average molecular weight is 271 g/mol. The summed E-state index contributed by atoms with van der Waals surface area (Å²) in [6.45, 7) is 4.92. The van der Waals surface area contributed by atoms with Gasteiger partial charge in [0.05, 0.1) is 6.61 Å². The number of anilines is 1. The van der Waals surface area contributed by atoms with E-state index in [1.54, 1.807) is 0 Å². The molecule has 0 aliphatic rings. The minimum atomic E-state index is 0.512. The molecule has 2 aromatic rings. The highest BCUT2D eigenvalue weighted by Crippen LogP contribution is 2.22. The number of rotatable bonds is 6. The molecule has 1 heterocycles. The summed E-state index contributed by atoms with van der Waals surface area (Å²) in [5.41, 5.74) is 7.78. The standard InChI is InChI=1S/C16H21N3O/c1-3-6-13-11-15(17)19-16(18-13)12-7-5-8-14(10-12)20-9-4-2/h5,7-8,10-11H,3-4,6,9H2,1-2H3,(H2,17,18,19). The van der Waals surface area contributed by atoms with Crippen LogP contribution in [0.2, 0.25) is 0 Å². The maximum absolute atomic E-state index is 5.86. The van der Waals surface area contributed by atoms with Gasteiger partial charge in [-0.3, -0.25) is 0 Å². The Hall–Kier alpha value is -2.10. The van der Waals surface area contributed by atoms with Gasteiger partial charge in [-0.25, -0.2) is 9.97 Å². The van der Waals surface area contributed by atoms with Crippen LogP contribution in [-0.2, 0) is 6.42 Å². The zero-order valence-corrected chi connectivity index (χ0v) is 12.1. The van der Waals surface area contributed by atoms with Gasteiger partial charge in [-0.2, -0.15) is 0 Å². The molecule has 1 aromatic carbocycles. The fraction of sp³-hybridized carbons (Fsp3) is 0.375. The third-order valence-electron chi connectivity index (χ3n) is 2.87. The number of aromatic nitrogens is 2. The van der Waals surface area contributed by atoms with Crippen LogP contribution < -0.4 is 10.5 Å². The molecule has 2 rings (SSSR count). The lowest BCUT2D eigenvalue weighted by atomic mass is 10.2. The van der Waals surface area contributed by atoms with Gasteiger partial charge in [-0.1, -0.05) is 32.4 Å². The normalized spacial score (nSPS) is 10.5. The predicted octanol–water partition coefficient (Wildman–Crippen LogP) is 3.47. The lowest BCUT2D eigenvalue weighted by molar-refractivity contribution is 0.317. The molecule has 106 valence electrons. The molecule has 0 bridgehead atoms. The number of nitrogen functional groups attached to an aromatic ring is 1. The van der Waals surface area contributed by atoms with E-state index < -0.39 is 0 Å². The molecule has 0 saturated carbocycles. The van der Waals surface area contributed by atoms with Crippen LogP contribution in [0.1, 0.15) is 32.4 Å². The summed E-state index contributed by atoms with van der Waals surface area (Å²) in [4.78, 5) is 8.89. The maximum atomic E-state index is 5.86. The van der Waals surface area contributed by atoms with Crippen molar-refractivity contribution in [2.24, 2.45) is 0 Å². The fourth-order valence-corrected chi connectivity index (χ4v) is 1.98. The van der Waals surface area contributed by atoms with Crippen molar-refractivity contribution in [3.8, 4) is 17.1 Å². The van der Waals surface area contributed by atoms with E-state index in [1.807, 2.05) is 30.3 Å². The van der Waals surface area contributed by atoms with Crippen LogP contribution in [0, 0.1) is 0 Å². The highest BCUT2D eigenvalue weighted by Gasteiger charge is 2.06. The number of ether oxygens (including phenoxy) is 1. The van der Waals surface area contributed by atoms with Crippen molar-refractivity contribution in [1.29, 1.82) is 0 Å². The Balaban J connectivity index is 2.30. The van der Waals surface area contributed by atoms with Gasteiger partial charge in [-0.15, -0.1) is 0 Å². The topological polar surface area (TPSA) is 61.0 Å². The number of hydrogen-bond acceptors (Lipinski definition) is 4. The van der Waals surface area contributed by atoms with Crippen LogP contribution in [0.4, 0.5) is 5.82 Å². The molecule has 2 N–H and O–H groups in total. The SMILES string of the molecule is CCCOc1cccc(-c2nc(N)cc(CCC)n2)c1. The second-order valence-electron chi connectivity index (χ2n) is 4.73. The molecule has 4 heteroatoms. The summed E-state index contributed by atoms with van der Waals surface area (Å²) in [6, 6.07) is 9.67. The first-order valence-electron chi connectivity index (χ1n) is 7.09. The van der Waals surface area contributed by atoms with E-state index in [0.29, 0.717) is 18.2 Å². The summed E-state index contributed by atoms with van der Waals surface area (Å²) < 4.78 is 5.64. The molecule has 0 fully saturated rings. The Morgan fingerprint density at radius 1 is 1.10 bits per heavy atom. The van der Waals surface area contributed by atoms with Gasteiger partial charge in [-0.05, 0) is 25.0 Å². The minimum Gasteiger partial charge on any atom is -0.494 e. The van der Waals surface area contributed by atoms with Crippen LogP contribution in [0.15, 0.2) is 30.3 Å². The Morgan fingerprint density at radius 3 is 2.70 bits per heavy atom. The van der Waals surface area contributed by atoms with Gasteiger partial charge < -0.3 is 10.5 Å². The van der Waals surface area contributed by atoms with E-state index >= 15 is 0 Å². The van der Waals surface area contributed by atoms with Gasteiger partial charge in [0, 0.05) is 17.3 Å². The fourth-order valence-electron chi connectivity index (χ4n) is 1.98. The average Bonchev–Trinajstić information content (AvgIpc) is 2.45. The molecule has 0 atom stereocenters. The lowest BCUT2D eigenvalue weighted by Crippen LogP contribution is -2.01. The third kappa shape index (κ3) is 3.70. The summed E-state index contributed by atoms with van der Waals surface area (Å²) in [5.74, 6) is 2.01. The Morgan fingerprint density at radius 2 is 1.95 bits per heavy atom. The molecular weight excluding hydrogens is 250 g/mol. The summed E-state index contributed by atoms with van der Waals surface area (Å²) >= 11 is 0. The van der Waals surface area contributed by atoms with Crippen molar-refractivity contribution < 1.29 is 4.74 Å². The van der Waals surface area contributed by atoms with E-state index in [-0.39, 0.29) is 0 Å². The highest BCUT2D eigenvalue weighted by atomic mass is 16.5. The Labute approximate surface area is 120 Å². The second-order valence-corrected chi connectivity index (χ2v) is 4.73. The molecule has 0 spiro atoms. The third-order valence-corrected chi connectivity index (χ3v) is 2.87. The number of nitrogens with zero attached hydrogens (tertiary/aromatic N) is 2. The molecule has 0 amide bonds. The molecule has 4 nitrogen and oxygen atoms in total. The summed E-state index contributed by atoms with van der Waals surface area (Å²) in [6.07, 6.45) is 2.93. The lowest BCUT2D eigenvalue weighted by Gasteiger charge is -2.08. The summed E-state index contributed by atoms with van der Waals surface area (Å²) in [7, 11) is 0. The van der Waals surface area contributed by atoms with Gasteiger partial charge in [0.25, 0.3) is 0 Å². The molecule has 0 aliphatic carbocycles. The first kappa shape index (κ1) is 14.3. The Bertz CT molecular complexity index is 569. The first-order chi connectivity index (χ1) is 9.72. The van der Waals surface area contributed by atoms with Crippen LogP contribution in [0.25, 0.3) is 11.4 Å². The number of benzene rings is 1. The summed E-state index contributed by atoms with van der Waals surface area (Å²) in [5, 5.41) is 0. The monoisotopic (exact) mass is 271 g/mol. The molecule has 0 radical (unpaired) electrons. The quantitative estimate of drug-likeness (QED) is 0.874. The second kappa shape index (κ2) is 6.89. The first-order valence-corrected chi connectivity index (χ1v) is 7.09. The molecule has 20 heavy (non-hydrogen) atoms. The zero-order chi connectivity index (χ0) is 14.4. The van der Waals surface area contributed by atoms with Crippen molar-refractivity contribution in [3.05, 3.63) is 36.0 Å². The van der Waals surface area contributed by atoms with E-state index in [1.165, 1.54) is 0 Å².